The molecule has 2 aromatic carbocycles. The van der Waals surface area contributed by atoms with Crippen LogP contribution in [0.25, 0.3) is 16.9 Å². The molecule has 0 aliphatic heterocycles. The highest BCUT2D eigenvalue weighted by Gasteiger charge is 2.11. The number of nitrogens with zero attached hydrogens (tertiary/aromatic N) is 3. The molecule has 4 aromatic rings. The average molecular weight is 398 g/mol. The molecule has 8 heteroatoms. The zero-order chi connectivity index (χ0) is 19.0. The Morgan fingerprint density at radius 2 is 1.85 bits per heavy atom. The molecule has 1 amide bonds. The fraction of sp³-hybridized carbons (Fsp3) is 0. The SMILES string of the molecule is Nc1nccn2c(-c3cccc(NC(=O)c4cc(Cl)cc(Cl)c4)c3)cnc12. The lowest BCUT2D eigenvalue weighted by atomic mass is 10.1. The maximum atomic E-state index is 12.5. The van der Waals surface area contributed by atoms with Gasteiger partial charge in [-0.3, -0.25) is 9.20 Å². The van der Waals surface area contributed by atoms with Gasteiger partial charge in [0.1, 0.15) is 0 Å². The average Bonchev–Trinajstić information content (AvgIpc) is 3.06. The lowest BCUT2D eigenvalue weighted by Gasteiger charge is -2.08. The predicted octanol–water partition coefficient (Wildman–Crippen LogP) is 4.54. The van der Waals surface area contributed by atoms with E-state index in [0.717, 1.165) is 11.3 Å². The van der Waals surface area contributed by atoms with Crippen molar-refractivity contribution in [3.05, 3.63) is 76.7 Å². The van der Waals surface area contributed by atoms with Crippen LogP contribution in [0.4, 0.5) is 11.5 Å². The van der Waals surface area contributed by atoms with Gasteiger partial charge in [0.25, 0.3) is 5.91 Å². The second kappa shape index (κ2) is 6.90. The van der Waals surface area contributed by atoms with E-state index in [1.165, 1.54) is 0 Å². The molecule has 2 aromatic heterocycles. The standard InChI is InChI=1S/C19H13Cl2N5O/c20-13-6-12(7-14(21)9-13)19(27)25-15-3-1-2-11(8-15)16-10-24-18-17(22)23-4-5-26(16)18/h1-10H,(H2,22,23)(H,25,27). The number of nitrogen functional groups attached to an aromatic ring is 1. The number of imidazole rings is 1. The molecular formula is C19H13Cl2N5O. The smallest absolute Gasteiger partial charge is 0.255 e. The van der Waals surface area contributed by atoms with Crippen LogP contribution >= 0.6 is 23.2 Å². The number of halogens is 2. The summed E-state index contributed by atoms with van der Waals surface area (Å²) in [5.41, 5.74) is 9.15. The molecule has 0 aliphatic carbocycles. The van der Waals surface area contributed by atoms with Gasteiger partial charge in [-0.2, -0.15) is 0 Å². The van der Waals surface area contributed by atoms with E-state index in [4.69, 9.17) is 28.9 Å². The molecule has 0 aliphatic rings. The number of carbonyl (C=O) groups is 1. The summed E-state index contributed by atoms with van der Waals surface area (Å²) in [5, 5.41) is 3.65. The van der Waals surface area contributed by atoms with E-state index in [1.807, 2.05) is 22.6 Å². The van der Waals surface area contributed by atoms with Gasteiger partial charge in [-0.05, 0) is 30.3 Å². The molecule has 3 N–H and O–H groups in total. The lowest BCUT2D eigenvalue weighted by molar-refractivity contribution is 0.102. The van der Waals surface area contributed by atoms with Crippen molar-refractivity contribution >= 4 is 46.3 Å². The normalized spacial score (nSPS) is 10.9. The van der Waals surface area contributed by atoms with Gasteiger partial charge in [-0.15, -0.1) is 0 Å². The van der Waals surface area contributed by atoms with Crippen molar-refractivity contribution in [2.45, 2.75) is 0 Å². The van der Waals surface area contributed by atoms with Crippen LogP contribution in [0.2, 0.25) is 10.0 Å². The highest BCUT2D eigenvalue weighted by Crippen LogP contribution is 2.26. The number of carbonyl (C=O) groups excluding carboxylic acids is 1. The van der Waals surface area contributed by atoms with E-state index in [2.05, 4.69) is 15.3 Å². The molecule has 0 saturated carbocycles. The number of anilines is 2. The molecular weight excluding hydrogens is 385 g/mol. The van der Waals surface area contributed by atoms with E-state index in [1.54, 1.807) is 42.9 Å². The van der Waals surface area contributed by atoms with Crippen LogP contribution in [0.1, 0.15) is 10.4 Å². The number of aromatic nitrogens is 3. The third kappa shape index (κ3) is 3.45. The number of amides is 1. The van der Waals surface area contributed by atoms with Crippen LogP contribution in [0, 0.1) is 0 Å². The first kappa shape index (κ1) is 17.3. The summed E-state index contributed by atoms with van der Waals surface area (Å²) in [6.45, 7) is 0. The second-order valence-corrected chi connectivity index (χ2v) is 6.72. The summed E-state index contributed by atoms with van der Waals surface area (Å²) in [4.78, 5) is 20.8. The Kier molecular flexibility index (Phi) is 4.43. The van der Waals surface area contributed by atoms with E-state index in [-0.39, 0.29) is 5.91 Å². The maximum absolute atomic E-state index is 12.5. The number of rotatable bonds is 3. The van der Waals surface area contributed by atoms with E-state index >= 15 is 0 Å². The highest BCUT2D eigenvalue weighted by atomic mass is 35.5. The fourth-order valence-electron chi connectivity index (χ4n) is 2.80. The van der Waals surface area contributed by atoms with Gasteiger partial charge < -0.3 is 11.1 Å². The zero-order valence-electron chi connectivity index (χ0n) is 13.9. The molecule has 134 valence electrons. The molecule has 27 heavy (non-hydrogen) atoms. The largest absolute Gasteiger partial charge is 0.381 e. The molecule has 0 fully saturated rings. The summed E-state index contributed by atoms with van der Waals surface area (Å²) in [7, 11) is 0. The number of nitrogens with two attached hydrogens (primary N) is 1. The summed E-state index contributed by atoms with van der Waals surface area (Å²) in [5.74, 6) is 0.0502. The van der Waals surface area contributed by atoms with Gasteiger partial charge in [-0.1, -0.05) is 35.3 Å². The molecule has 0 radical (unpaired) electrons. The molecule has 4 rings (SSSR count). The summed E-state index contributed by atoms with van der Waals surface area (Å²) in [6.07, 6.45) is 5.11. The molecule has 0 unspecified atom stereocenters. The molecule has 0 spiro atoms. The van der Waals surface area contributed by atoms with Crippen LogP contribution < -0.4 is 11.1 Å². The Morgan fingerprint density at radius 1 is 1.07 bits per heavy atom. The Morgan fingerprint density at radius 3 is 2.63 bits per heavy atom. The molecule has 0 bridgehead atoms. The minimum absolute atomic E-state index is 0.303. The van der Waals surface area contributed by atoms with E-state index in [9.17, 15) is 4.79 Å². The predicted molar refractivity (Wildman–Crippen MR) is 107 cm³/mol. The quantitative estimate of drug-likeness (QED) is 0.531. The van der Waals surface area contributed by atoms with Crippen molar-refractivity contribution in [2.75, 3.05) is 11.1 Å². The minimum Gasteiger partial charge on any atom is -0.381 e. The minimum atomic E-state index is -0.303. The summed E-state index contributed by atoms with van der Waals surface area (Å²) in [6, 6.07) is 12.1. The van der Waals surface area contributed by atoms with Crippen LogP contribution in [-0.2, 0) is 0 Å². The van der Waals surface area contributed by atoms with Gasteiger partial charge >= 0.3 is 0 Å². The number of hydrogen-bond donors (Lipinski definition) is 2. The van der Waals surface area contributed by atoms with E-state index in [0.29, 0.717) is 32.8 Å². The van der Waals surface area contributed by atoms with Crippen LogP contribution in [-0.4, -0.2) is 20.3 Å². The first-order chi connectivity index (χ1) is 13.0. The van der Waals surface area contributed by atoms with E-state index < -0.39 is 0 Å². The van der Waals surface area contributed by atoms with Crippen LogP contribution in [0.15, 0.2) is 61.1 Å². The highest BCUT2D eigenvalue weighted by molar-refractivity contribution is 6.35. The third-order valence-electron chi connectivity index (χ3n) is 4.00. The van der Waals surface area contributed by atoms with Crippen molar-refractivity contribution in [2.24, 2.45) is 0 Å². The fourth-order valence-corrected chi connectivity index (χ4v) is 3.32. The number of benzene rings is 2. The van der Waals surface area contributed by atoms with Crippen molar-refractivity contribution in [1.82, 2.24) is 14.4 Å². The van der Waals surface area contributed by atoms with Crippen molar-refractivity contribution in [1.29, 1.82) is 0 Å². The van der Waals surface area contributed by atoms with Crippen LogP contribution in [0.5, 0.6) is 0 Å². The van der Waals surface area contributed by atoms with Gasteiger partial charge in [0.2, 0.25) is 0 Å². The Balaban J connectivity index is 1.66. The van der Waals surface area contributed by atoms with Crippen molar-refractivity contribution < 1.29 is 4.79 Å². The first-order valence-electron chi connectivity index (χ1n) is 7.97. The van der Waals surface area contributed by atoms with Crippen molar-refractivity contribution in [3.8, 4) is 11.3 Å². The van der Waals surface area contributed by atoms with Gasteiger partial charge in [-0.25, -0.2) is 9.97 Å². The molecule has 0 saturated heterocycles. The third-order valence-corrected chi connectivity index (χ3v) is 4.43. The summed E-state index contributed by atoms with van der Waals surface area (Å²) < 4.78 is 1.85. The molecule has 0 atom stereocenters. The maximum Gasteiger partial charge on any atom is 0.255 e. The second-order valence-electron chi connectivity index (χ2n) is 5.84. The topological polar surface area (TPSA) is 85.3 Å². The number of nitrogens with one attached hydrogen (secondary N) is 1. The van der Waals surface area contributed by atoms with Crippen LogP contribution in [0.3, 0.4) is 0 Å². The van der Waals surface area contributed by atoms with Gasteiger partial charge in [0.05, 0.1) is 11.9 Å². The monoisotopic (exact) mass is 397 g/mol. The van der Waals surface area contributed by atoms with Gasteiger partial charge in [0, 0.05) is 39.3 Å². The molecule has 2 heterocycles. The summed E-state index contributed by atoms with van der Waals surface area (Å²) >= 11 is 11.9. The zero-order valence-corrected chi connectivity index (χ0v) is 15.4. The Hall–Kier alpha value is -3.09. The van der Waals surface area contributed by atoms with Crippen molar-refractivity contribution in [3.63, 3.8) is 0 Å². The first-order valence-corrected chi connectivity index (χ1v) is 8.72. The Labute approximate surface area is 164 Å². The number of hydrogen-bond acceptors (Lipinski definition) is 4. The molecule has 6 nitrogen and oxygen atoms in total. The Bertz CT molecular complexity index is 1150. The lowest BCUT2D eigenvalue weighted by Crippen LogP contribution is -2.11. The van der Waals surface area contributed by atoms with Gasteiger partial charge in [0.15, 0.2) is 11.5 Å². The number of fused-ring (bicyclic) bond motifs is 1.